The Morgan fingerprint density at radius 2 is 2.19 bits per heavy atom. The first-order valence-electron chi connectivity index (χ1n) is 5.65. The van der Waals surface area contributed by atoms with Crippen molar-refractivity contribution in [1.82, 2.24) is 5.32 Å². The second-order valence-corrected chi connectivity index (χ2v) is 3.65. The van der Waals surface area contributed by atoms with Gasteiger partial charge in [0.15, 0.2) is 0 Å². The van der Waals surface area contributed by atoms with Crippen molar-refractivity contribution in [3.8, 4) is 6.07 Å². The van der Waals surface area contributed by atoms with Crippen molar-refractivity contribution in [3.05, 3.63) is 35.4 Å². The number of rotatable bonds is 6. The number of aliphatic hydroxyl groups is 1. The van der Waals surface area contributed by atoms with Gasteiger partial charge >= 0.3 is 0 Å². The summed E-state index contributed by atoms with van der Waals surface area (Å²) in [5.74, 6) is 0. The predicted molar refractivity (Wildman–Crippen MR) is 63.9 cm³/mol. The molecule has 0 fully saturated rings. The molecule has 2 N–H and O–H groups in total. The van der Waals surface area contributed by atoms with E-state index in [4.69, 9.17) is 10.4 Å². The highest BCUT2D eigenvalue weighted by Gasteiger charge is 2.12. The summed E-state index contributed by atoms with van der Waals surface area (Å²) >= 11 is 0. The van der Waals surface area contributed by atoms with Crippen molar-refractivity contribution in [1.29, 1.82) is 5.26 Å². The standard InChI is InChI=1S/C13H18N2O/c1-2-11-6-3-4-7-12(11)13(10-14)15-8-5-9-16/h3-4,6-7,13,15-16H,2,5,8-9H2,1H3. The zero-order valence-electron chi connectivity index (χ0n) is 9.61. The first-order valence-corrected chi connectivity index (χ1v) is 5.65. The normalized spacial score (nSPS) is 12.1. The predicted octanol–water partition coefficient (Wildman–Crippen LogP) is 1.79. The lowest BCUT2D eigenvalue weighted by molar-refractivity contribution is 0.285. The van der Waals surface area contributed by atoms with E-state index < -0.39 is 0 Å². The molecular formula is C13H18N2O. The van der Waals surface area contributed by atoms with Crippen LogP contribution in [0, 0.1) is 11.3 Å². The van der Waals surface area contributed by atoms with E-state index >= 15 is 0 Å². The number of nitrogens with zero attached hydrogens (tertiary/aromatic N) is 1. The van der Waals surface area contributed by atoms with Crippen molar-refractivity contribution in [2.24, 2.45) is 0 Å². The van der Waals surface area contributed by atoms with Crippen molar-refractivity contribution in [3.63, 3.8) is 0 Å². The van der Waals surface area contributed by atoms with Gasteiger partial charge in [0.2, 0.25) is 0 Å². The Hall–Kier alpha value is -1.37. The summed E-state index contributed by atoms with van der Waals surface area (Å²) in [5.41, 5.74) is 2.25. The number of nitrogens with one attached hydrogen (secondary N) is 1. The molecule has 0 aliphatic rings. The highest BCUT2D eigenvalue weighted by molar-refractivity contribution is 5.33. The fourth-order valence-electron chi connectivity index (χ4n) is 1.69. The highest BCUT2D eigenvalue weighted by atomic mass is 16.3. The number of hydrogen-bond donors (Lipinski definition) is 2. The third-order valence-corrected chi connectivity index (χ3v) is 2.56. The van der Waals surface area contributed by atoms with E-state index in [2.05, 4.69) is 18.3 Å². The maximum Gasteiger partial charge on any atom is 0.121 e. The smallest absolute Gasteiger partial charge is 0.121 e. The number of benzene rings is 1. The molecule has 1 aromatic rings. The molecule has 1 rings (SSSR count). The molecule has 16 heavy (non-hydrogen) atoms. The number of nitriles is 1. The summed E-state index contributed by atoms with van der Waals surface area (Å²) in [6.07, 6.45) is 1.60. The molecule has 0 radical (unpaired) electrons. The molecule has 3 nitrogen and oxygen atoms in total. The summed E-state index contributed by atoms with van der Waals surface area (Å²) in [4.78, 5) is 0. The Labute approximate surface area is 96.7 Å². The molecule has 0 aliphatic heterocycles. The van der Waals surface area contributed by atoms with Crippen LogP contribution < -0.4 is 5.32 Å². The molecule has 0 bridgehead atoms. The van der Waals surface area contributed by atoms with Gasteiger partial charge in [-0.2, -0.15) is 5.26 Å². The Bertz CT molecular complexity index is 357. The van der Waals surface area contributed by atoms with Crippen LogP contribution >= 0.6 is 0 Å². The minimum atomic E-state index is -0.275. The molecule has 0 aliphatic carbocycles. The van der Waals surface area contributed by atoms with Crippen LogP contribution in [0.15, 0.2) is 24.3 Å². The van der Waals surface area contributed by atoms with E-state index in [1.165, 1.54) is 5.56 Å². The zero-order valence-corrected chi connectivity index (χ0v) is 9.61. The second-order valence-electron chi connectivity index (χ2n) is 3.65. The molecule has 0 saturated heterocycles. The van der Waals surface area contributed by atoms with Gasteiger partial charge in [0.25, 0.3) is 0 Å². The first-order chi connectivity index (χ1) is 7.83. The van der Waals surface area contributed by atoms with Gasteiger partial charge in [0.1, 0.15) is 6.04 Å². The monoisotopic (exact) mass is 218 g/mol. The molecule has 3 heteroatoms. The Morgan fingerprint density at radius 3 is 2.81 bits per heavy atom. The zero-order chi connectivity index (χ0) is 11.8. The largest absolute Gasteiger partial charge is 0.396 e. The second kappa shape index (κ2) is 7.00. The van der Waals surface area contributed by atoms with E-state index in [0.717, 1.165) is 12.0 Å². The van der Waals surface area contributed by atoms with Crippen LogP contribution in [0.1, 0.15) is 30.5 Å². The third kappa shape index (κ3) is 3.34. The van der Waals surface area contributed by atoms with Crippen LogP contribution in [-0.2, 0) is 6.42 Å². The van der Waals surface area contributed by atoms with Crippen LogP contribution in [-0.4, -0.2) is 18.3 Å². The van der Waals surface area contributed by atoms with E-state index in [1.807, 2.05) is 24.3 Å². The fraction of sp³-hybridized carbons (Fsp3) is 0.462. The SMILES string of the molecule is CCc1ccccc1C(C#N)NCCCO. The quantitative estimate of drug-likeness (QED) is 0.716. The van der Waals surface area contributed by atoms with Gasteiger partial charge in [-0.3, -0.25) is 5.32 Å². The molecule has 1 unspecified atom stereocenters. The molecule has 1 aromatic carbocycles. The van der Waals surface area contributed by atoms with Crippen LogP contribution in [0.25, 0.3) is 0 Å². The van der Waals surface area contributed by atoms with Gasteiger partial charge in [-0.05, 0) is 30.5 Å². The average Bonchev–Trinajstić information content (AvgIpc) is 2.35. The first kappa shape index (κ1) is 12.7. The lowest BCUT2D eigenvalue weighted by Crippen LogP contribution is -2.22. The molecule has 1 atom stereocenters. The van der Waals surface area contributed by atoms with Gasteiger partial charge in [-0.25, -0.2) is 0 Å². The Kier molecular flexibility index (Phi) is 5.55. The molecular weight excluding hydrogens is 200 g/mol. The Morgan fingerprint density at radius 1 is 1.44 bits per heavy atom. The molecule has 86 valence electrons. The third-order valence-electron chi connectivity index (χ3n) is 2.56. The van der Waals surface area contributed by atoms with Gasteiger partial charge in [-0.1, -0.05) is 31.2 Å². The summed E-state index contributed by atoms with van der Waals surface area (Å²) in [6.45, 7) is 2.90. The van der Waals surface area contributed by atoms with Crippen LogP contribution in [0.4, 0.5) is 0 Å². The van der Waals surface area contributed by atoms with E-state index in [-0.39, 0.29) is 12.6 Å². The number of aryl methyl sites for hydroxylation is 1. The summed E-state index contributed by atoms with van der Waals surface area (Å²) in [6, 6.07) is 9.96. The minimum Gasteiger partial charge on any atom is -0.396 e. The molecule has 0 spiro atoms. The van der Waals surface area contributed by atoms with Gasteiger partial charge in [0.05, 0.1) is 6.07 Å². The van der Waals surface area contributed by atoms with Gasteiger partial charge < -0.3 is 5.11 Å². The minimum absolute atomic E-state index is 0.153. The van der Waals surface area contributed by atoms with Crippen molar-refractivity contribution in [2.45, 2.75) is 25.8 Å². The molecule has 0 amide bonds. The Balaban J connectivity index is 2.75. The van der Waals surface area contributed by atoms with Crippen LogP contribution in [0.2, 0.25) is 0 Å². The number of hydrogen-bond acceptors (Lipinski definition) is 3. The lowest BCUT2D eigenvalue weighted by atomic mass is 9.99. The van der Waals surface area contributed by atoms with Crippen LogP contribution in [0.3, 0.4) is 0 Å². The van der Waals surface area contributed by atoms with E-state index in [9.17, 15) is 0 Å². The van der Waals surface area contributed by atoms with E-state index in [0.29, 0.717) is 13.0 Å². The molecule has 0 saturated carbocycles. The average molecular weight is 218 g/mol. The topological polar surface area (TPSA) is 56.0 Å². The van der Waals surface area contributed by atoms with Gasteiger partial charge in [0, 0.05) is 6.61 Å². The fourth-order valence-corrected chi connectivity index (χ4v) is 1.69. The van der Waals surface area contributed by atoms with Crippen molar-refractivity contribution < 1.29 is 5.11 Å². The maximum atomic E-state index is 9.12. The van der Waals surface area contributed by atoms with Crippen LogP contribution in [0.5, 0.6) is 0 Å². The maximum absolute atomic E-state index is 9.12. The van der Waals surface area contributed by atoms with E-state index in [1.54, 1.807) is 0 Å². The summed E-state index contributed by atoms with van der Waals surface area (Å²) in [7, 11) is 0. The van der Waals surface area contributed by atoms with Crippen molar-refractivity contribution in [2.75, 3.05) is 13.2 Å². The highest BCUT2D eigenvalue weighted by Crippen LogP contribution is 2.17. The molecule has 0 aromatic heterocycles. The summed E-state index contributed by atoms with van der Waals surface area (Å²) in [5, 5.41) is 21.0. The number of aliphatic hydroxyl groups excluding tert-OH is 1. The lowest BCUT2D eigenvalue weighted by Gasteiger charge is -2.14. The molecule has 0 heterocycles. The van der Waals surface area contributed by atoms with Gasteiger partial charge in [-0.15, -0.1) is 0 Å². The summed E-state index contributed by atoms with van der Waals surface area (Å²) < 4.78 is 0. The van der Waals surface area contributed by atoms with Crippen molar-refractivity contribution >= 4 is 0 Å².